The molecule has 0 atom stereocenters. The number of rotatable bonds is 8. The second kappa shape index (κ2) is 10.9. The van der Waals surface area contributed by atoms with Crippen LogP contribution in [0, 0.1) is 0 Å². The van der Waals surface area contributed by atoms with E-state index in [2.05, 4.69) is 31.0 Å². The van der Waals surface area contributed by atoms with Crippen molar-refractivity contribution in [3.63, 3.8) is 0 Å². The Balaban J connectivity index is 1.45. The van der Waals surface area contributed by atoms with Crippen LogP contribution in [0.5, 0.6) is 5.75 Å². The number of hydrazone groups is 1. The predicted octanol–water partition coefficient (Wildman–Crippen LogP) is 5.75. The Hall–Kier alpha value is -2.81. The topological polar surface area (TPSA) is 68.5 Å². The van der Waals surface area contributed by atoms with Crippen molar-refractivity contribution >= 4 is 62.4 Å². The number of aromatic nitrogens is 2. The summed E-state index contributed by atoms with van der Waals surface area (Å²) in [4.78, 5) is 17.1. The minimum Gasteiger partial charge on any atom is -0.496 e. The molecule has 0 saturated carbocycles. The quantitative estimate of drug-likeness (QED) is 0.175. The normalized spacial score (nSPS) is 11.2. The van der Waals surface area contributed by atoms with Crippen molar-refractivity contribution in [1.29, 1.82) is 0 Å². The largest absolute Gasteiger partial charge is 0.496 e. The lowest BCUT2D eigenvalue weighted by atomic mass is 10.2. The zero-order valence-electron chi connectivity index (χ0n) is 17.7. The third-order valence-corrected chi connectivity index (χ3v) is 6.51. The van der Waals surface area contributed by atoms with Crippen LogP contribution in [0.3, 0.4) is 0 Å². The van der Waals surface area contributed by atoms with E-state index in [9.17, 15) is 4.79 Å². The van der Waals surface area contributed by atoms with Crippen molar-refractivity contribution in [2.24, 2.45) is 5.10 Å². The molecular formula is C24H20BrClN4O2S. The minimum absolute atomic E-state index is 0.177. The Bertz CT molecular complexity index is 1310. The zero-order valence-corrected chi connectivity index (χ0v) is 20.8. The van der Waals surface area contributed by atoms with Crippen LogP contribution in [0.2, 0.25) is 5.02 Å². The molecule has 168 valence electrons. The fourth-order valence-corrected chi connectivity index (χ4v) is 4.54. The van der Waals surface area contributed by atoms with E-state index >= 15 is 0 Å². The summed E-state index contributed by atoms with van der Waals surface area (Å²) in [5.41, 5.74) is 6.31. The van der Waals surface area contributed by atoms with Crippen molar-refractivity contribution in [3.8, 4) is 5.75 Å². The lowest BCUT2D eigenvalue weighted by Crippen LogP contribution is -2.20. The van der Waals surface area contributed by atoms with Gasteiger partial charge in [-0.05, 0) is 48.0 Å². The molecule has 0 aliphatic rings. The van der Waals surface area contributed by atoms with Gasteiger partial charge in [0.15, 0.2) is 5.16 Å². The molecule has 1 amide bonds. The monoisotopic (exact) mass is 542 g/mol. The van der Waals surface area contributed by atoms with E-state index in [-0.39, 0.29) is 11.7 Å². The molecule has 4 aromatic rings. The summed E-state index contributed by atoms with van der Waals surface area (Å²) in [5, 5.41) is 5.53. The van der Waals surface area contributed by atoms with E-state index in [1.165, 1.54) is 11.8 Å². The molecule has 0 radical (unpaired) electrons. The van der Waals surface area contributed by atoms with Gasteiger partial charge in [0.1, 0.15) is 5.75 Å². The van der Waals surface area contributed by atoms with Crippen molar-refractivity contribution < 1.29 is 9.53 Å². The number of benzene rings is 3. The van der Waals surface area contributed by atoms with Gasteiger partial charge >= 0.3 is 0 Å². The first-order valence-corrected chi connectivity index (χ1v) is 12.2. The fraction of sp³-hybridized carbons (Fsp3) is 0.125. The van der Waals surface area contributed by atoms with E-state index < -0.39 is 0 Å². The zero-order chi connectivity index (χ0) is 23.2. The molecule has 33 heavy (non-hydrogen) atoms. The predicted molar refractivity (Wildman–Crippen MR) is 137 cm³/mol. The molecule has 0 aliphatic carbocycles. The van der Waals surface area contributed by atoms with E-state index in [0.717, 1.165) is 31.8 Å². The number of para-hydroxylation sites is 2. The van der Waals surface area contributed by atoms with Crippen LogP contribution < -0.4 is 10.2 Å². The molecule has 0 bridgehead atoms. The molecule has 4 rings (SSSR count). The SMILES string of the molecule is COc1ccc(Br)cc1C=NNC(=O)CSc1nc2ccccc2n1Cc1ccc(Cl)cc1. The first kappa shape index (κ1) is 23.4. The Morgan fingerprint density at radius 3 is 2.79 bits per heavy atom. The Morgan fingerprint density at radius 2 is 2.00 bits per heavy atom. The molecule has 0 fully saturated rings. The Kier molecular flexibility index (Phi) is 7.69. The van der Waals surface area contributed by atoms with Crippen LogP contribution in [-0.4, -0.2) is 34.5 Å². The first-order valence-electron chi connectivity index (χ1n) is 10.0. The van der Waals surface area contributed by atoms with Crippen LogP contribution in [0.4, 0.5) is 0 Å². The van der Waals surface area contributed by atoms with Crippen LogP contribution >= 0.6 is 39.3 Å². The second-order valence-corrected chi connectivity index (χ2v) is 9.36. The highest BCUT2D eigenvalue weighted by atomic mass is 79.9. The van der Waals surface area contributed by atoms with Gasteiger partial charge in [-0.1, -0.05) is 63.6 Å². The van der Waals surface area contributed by atoms with Gasteiger partial charge in [-0.3, -0.25) is 4.79 Å². The molecule has 0 spiro atoms. The van der Waals surface area contributed by atoms with Crippen LogP contribution in [0.1, 0.15) is 11.1 Å². The maximum absolute atomic E-state index is 12.4. The van der Waals surface area contributed by atoms with E-state index in [0.29, 0.717) is 17.3 Å². The van der Waals surface area contributed by atoms with Gasteiger partial charge < -0.3 is 9.30 Å². The number of carbonyl (C=O) groups excluding carboxylic acids is 1. The van der Waals surface area contributed by atoms with Crippen molar-refractivity contribution in [1.82, 2.24) is 15.0 Å². The molecule has 6 nitrogen and oxygen atoms in total. The Labute approximate surface area is 209 Å². The summed E-state index contributed by atoms with van der Waals surface area (Å²) in [7, 11) is 1.59. The van der Waals surface area contributed by atoms with Crippen molar-refractivity contribution in [2.75, 3.05) is 12.9 Å². The van der Waals surface area contributed by atoms with Crippen molar-refractivity contribution in [2.45, 2.75) is 11.7 Å². The third kappa shape index (κ3) is 5.96. The number of nitrogens with zero attached hydrogens (tertiary/aromatic N) is 3. The lowest BCUT2D eigenvalue weighted by Gasteiger charge is -2.09. The molecule has 3 aromatic carbocycles. The number of hydrogen-bond acceptors (Lipinski definition) is 5. The number of halogens is 2. The summed E-state index contributed by atoms with van der Waals surface area (Å²) in [6, 6.07) is 21.2. The summed E-state index contributed by atoms with van der Waals surface area (Å²) in [6.45, 7) is 0.627. The third-order valence-electron chi connectivity index (χ3n) is 4.79. The van der Waals surface area contributed by atoms with Crippen LogP contribution in [-0.2, 0) is 11.3 Å². The number of fused-ring (bicyclic) bond motifs is 1. The molecule has 1 aromatic heterocycles. The highest BCUT2D eigenvalue weighted by Crippen LogP contribution is 2.26. The van der Waals surface area contributed by atoms with Gasteiger partial charge in [-0.2, -0.15) is 5.10 Å². The van der Waals surface area contributed by atoms with E-state index in [4.69, 9.17) is 21.3 Å². The highest BCUT2D eigenvalue weighted by Gasteiger charge is 2.13. The van der Waals surface area contributed by atoms with Gasteiger partial charge in [0.2, 0.25) is 0 Å². The number of imidazole rings is 1. The number of nitrogens with one attached hydrogen (secondary N) is 1. The summed E-state index contributed by atoms with van der Waals surface area (Å²) >= 11 is 10.8. The van der Waals surface area contributed by atoms with Gasteiger partial charge in [0.25, 0.3) is 5.91 Å². The standard InChI is InChI=1S/C24H20BrClN4O2S/c1-32-22-11-8-18(25)12-17(22)13-27-29-23(31)15-33-24-28-20-4-2-3-5-21(20)30(24)14-16-6-9-19(26)10-7-16/h2-13H,14-15H2,1H3,(H,29,31). The summed E-state index contributed by atoms with van der Waals surface area (Å²) < 4.78 is 8.31. The highest BCUT2D eigenvalue weighted by molar-refractivity contribution is 9.10. The average Bonchev–Trinajstić information content (AvgIpc) is 3.16. The van der Waals surface area contributed by atoms with Gasteiger partial charge in [-0.15, -0.1) is 0 Å². The maximum atomic E-state index is 12.4. The molecule has 0 unspecified atom stereocenters. The van der Waals surface area contributed by atoms with Gasteiger partial charge in [0, 0.05) is 15.1 Å². The minimum atomic E-state index is -0.227. The molecular weight excluding hydrogens is 524 g/mol. The Morgan fingerprint density at radius 1 is 1.21 bits per heavy atom. The number of carbonyl (C=O) groups is 1. The fourth-order valence-electron chi connectivity index (χ4n) is 3.23. The molecule has 0 saturated heterocycles. The van der Waals surface area contributed by atoms with E-state index in [1.807, 2.05) is 66.7 Å². The average molecular weight is 544 g/mol. The van der Waals surface area contributed by atoms with E-state index in [1.54, 1.807) is 13.3 Å². The van der Waals surface area contributed by atoms with Crippen LogP contribution in [0.25, 0.3) is 11.0 Å². The molecule has 1 heterocycles. The maximum Gasteiger partial charge on any atom is 0.250 e. The smallest absolute Gasteiger partial charge is 0.250 e. The van der Waals surface area contributed by atoms with Gasteiger partial charge in [-0.25, -0.2) is 10.4 Å². The number of methoxy groups -OCH3 is 1. The number of ether oxygens (including phenoxy) is 1. The second-order valence-electron chi connectivity index (χ2n) is 7.06. The van der Waals surface area contributed by atoms with Crippen LogP contribution in [0.15, 0.2) is 81.5 Å². The first-order chi connectivity index (χ1) is 16.0. The summed E-state index contributed by atoms with van der Waals surface area (Å²) in [6.07, 6.45) is 1.56. The number of thioether (sulfide) groups is 1. The number of amides is 1. The number of hydrogen-bond donors (Lipinski definition) is 1. The summed E-state index contributed by atoms with van der Waals surface area (Å²) in [5.74, 6) is 0.619. The van der Waals surface area contributed by atoms with Crippen molar-refractivity contribution in [3.05, 3.63) is 87.4 Å². The lowest BCUT2D eigenvalue weighted by molar-refractivity contribution is -0.118. The molecule has 0 aliphatic heterocycles. The van der Waals surface area contributed by atoms with Gasteiger partial charge in [0.05, 0.1) is 36.7 Å². The molecule has 1 N–H and O–H groups in total. The molecule has 9 heteroatoms.